The van der Waals surface area contributed by atoms with E-state index in [4.69, 9.17) is 4.74 Å². The Bertz CT molecular complexity index is 973. The number of fused-ring (bicyclic) bond motifs is 1. The lowest BCUT2D eigenvalue weighted by atomic mass is 9.99. The zero-order valence-electron chi connectivity index (χ0n) is 13.8. The van der Waals surface area contributed by atoms with Crippen molar-refractivity contribution >= 4 is 11.0 Å². The summed E-state index contributed by atoms with van der Waals surface area (Å²) in [5, 5.41) is 10.7. The summed E-state index contributed by atoms with van der Waals surface area (Å²) < 4.78 is 5.34. The van der Waals surface area contributed by atoms with E-state index in [9.17, 15) is 5.11 Å². The zero-order valence-corrected chi connectivity index (χ0v) is 13.8. The number of rotatable bonds is 4. The first-order valence-electron chi connectivity index (χ1n) is 8.12. The van der Waals surface area contributed by atoms with Crippen LogP contribution in [0.15, 0.2) is 72.8 Å². The molecule has 0 aliphatic rings. The van der Waals surface area contributed by atoms with Gasteiger partial charge < -0.3 is 14.8 Å². The molecule has 0 bridgehead atoms. The van der Waals surface area contributed by atoms with E-state index in [0.29, 0.717) is 5.75 Å². The van der Waals surface area contributed by atoms with E-state index in [1.807, 2.05) is 72.8 Å². The molecule has 4 nitrogen and oxygen atoms in total. The maximum Gasteiger partial charge on any atom is 0.138 e. The lowest BCUT2D eigenvalue weighted by Gasteiger charge is -2.15. The van der Waals surface area contributed by atoms with Gasteiger partial charge in [-0.2, -0.15) is 0 Å². The third-order valence-corrected chi connectivity index (χ3v) is 4.32. The summed E-state index contributed by atoms with van der Waals surface area (Å²) in [5.41, 5.74) is 4.49. The van der Waals surface area contributed by atoms with Gasteiger partial charge in [0.05, 0.1) is 18.1 Å². The Hall–Kier alpha value is -3.11. The molecule has 3 aromatic carbocycles. The molecule has 1 unspecified atom stereocenters. The lowest BCUT2D eigenvalue weighted by Crippen LogP contribution is -2.02. The van der Waals surface area contributed by atoms with Crippen LogP contribution in [0.2, 0.25) is 0 Å². The molecular weight excluding hydrogens is 312 g/mol. The molecule has 0 spiro atoms. The van der Waals surface area contributed by atoms with Crippen molar-refractivity contribution in [3.8, 4) is 17.1 Å². The normalized spacial score (nSPS) is 12.2. The number of methoxy groups -OCH3 is 1. The summed E-state index contributed by atoms with van der Waals surface area (Å²) in [5.74, 6) is 1.50. The molecule has 0 radical (unpaired) electrons. The van der Waals surface area contributed by atoms with Crippen LogP contribution in [0.5, 0.6) is 5.75 Å². The Labute approximate surface area is 145 Å². The van der Waals surface area contributed by atoms with Gasteiger partial charge in [-0.15, -0.1) is 0 Å². The number of imidazole rings is 1. The van der Waals surface area contributed by atoms with Crippen LogP contribution in [0.3, 0.4) is 0 Å². The number of aliphatic hydroxyl groups excluding tert-OH is 1. The van der Waals surface area contributed by atoms with E-state index in [2.05, 4.69) is 9.97 Å². The minimum atomic E-state index is -0.735. The second kappa shape index (κ2) is 6.42. The molecule has 2 N–H and O–H groups in total. The fourth-order valence-corrected chi connectivity index (χ4v) is 2.98. The van der Waals surface area contributed by atoms with E-state index >= 15 is 0 Å². The average Bonchev–Trinajstić information content (AvgIpc) is 3.12. The number of aliphatic hydroxyl groups is 1. The molecule has 0 saturated heterocycles. The molecule has 0 aliphatic carbocycles. The highest BCUT2D eigenvalue weighted by atomic mass is 16.5. The van der Waals surface area contributed by atoms with Crippen molar-refractivity contribution in [1.29, 1.82) is 0 Å². The molecule has 0 saturated carbocycles. The number of nitrogens with one attached hydrogen (secondary N) is 1. The van der Waals surface area contributed by atoms with E-state index in [0.717, 1.165) is 33.5 Å². The number of benzene rings is 3. The second-order valence-corrected chi connectivity index (χ2v) is 5.87. The maximum atomic E-state index is 10.7. The third-order valence-electron chi connectivity index (χ3n) is 4.32. The highest BCUT2D eigenvalue weighted by molar-refractivity contribution is 5.79. The van der Waals surface area contributed by atoms with Crippen molar-refractivity contribution in [2.24, 2.45) is 0 Å². The van der Waals surface area contributed by atoms with Crippen molar-refractivity contribution in [2.45, 2.75) is 6.10 Å². The van der Waals surface area contributed by atoms with Gasteiger partial charge in [-0.25, -0.2) is 4.98 Å². The first-order chi connectivity index (χ1) is 12.3. The minimum Gasteiger partial charge on any atom is -0.496 e. The SMILES string of the molecule is COc1ccccc1C(O)c1ccc(-c2nc3ccccc3[nH]2)cc1. The van der Waals surface area contributed by atoms with Crippen molar-refractivity contribution in [3.63, 3.8) is 0 Å². The number of nitrogens with zero attached hydrogens (tertiary/aromatic N) is 1. The number of ether oxygens (including phenoxy) is 1. The summed E-state index contributed by atoms with van der Waals surface area (Å²) in [6.07, 6.45) is -0.735. The van der Waals surface area contributed by atoms with E-state index in [1.54, 1.807) is 7.11 Å². The number of hydrogen-bond donors (Lipinski definition) is 2. The highest BCUT2D eigenvalue weighted by Gasteiger charge is 2.15. The molecule has 4 aromatic rings. The molecular formula is C21H18N2O2. The van der Waals surface area contributed by atoms with Gasteiger partial charge in [0.2, 0.25) is 0 Å². The highest BCUT2D eigenvalue weighted by Crippen LogP contribution is 2.30. The fourth-order valence-electron chi connectivity index (χ4n) is 2.98. The van der Waals surface area contributed by atoms with Crippen LogP contribution in [0.1, 0.15) is 17.2 Å². The molecule has 4 rings (SSSR count). The van der Waals surface area contributed by atoms with Crippen molar-refractivity contribution in [3.05, 3.63) is 83.9 Å². The summed E-state index contributed by atoms with van der Waals surface area (Å²) in [7, 11) is 1.61. The summed E-state index contributed by atoms with van der Waals surface area (Å²) in [6.45, 7) is 0. The molecule has 4 heteroatoms. The number of aromatic nitrogens is 2. The van der Waals surface area contributed by atoms with Crippen LogP contribution >= 0.6 is 0 Å². The Morgan fingerprint density at radius 3 is 2.40 bits per heavy atom. The molecule has 1 heterocycles. The molecule has 0 aliphatic heterocycles. The van der Waals surface area contributed by atoms with E-state index < -0.39 is 6.10 Å². The quantitative estimate of drug-likeness (QED) is 0.586. The van der Waals surface area contributed by atoms with Gasteiger partial charge >= 0.3 is 0 Å². The summed E-state index contributed by atoms with van der Waals surface area (Å²) in [6, 6.07) is 23.2. The fraction of sp³-hybridized carbons (Fsp3) is 0.0952. The Kier molecular flexibility index (Phi) is 3.96. The largest absolute Gasteiger partial charge is 0.496 e. The Balaban J connectivity index is 1.65. The lowest BCUT2D eigenvalue weighted by molar-refractivity contribution is 0.215. The predicted octanol–water partition coefficient (Wildman–Crippen LogP) is 4.32. The van der Waals surface area contributed by atoms with E-state index in [1.165, 1.54) is 0 Å². The standard InChI is InChI=1S/C21H18N2O2/c1-25-19-9-5-2-6-16(19)20(24)14-10-12-15(13-11-14)21-22-17-7-3-4-8-18(17)23-21/h2-13,20,24H,1H3,(H,22,23). The molecule has 124 valence electrons. The van der Waals surface area contributed by atoms with Crippen LogP contribution in [-0.4, -0.2) is 22.2 Å². The topological polar surface area (TPSA) is 58.1 Å². The first kappa shape index (κ1) is 15.4. The minimum absolute atomic E-state index is 0.677. The monoisotopic (exact) mass is 330 g/mol. The maximum absolute atomic E-state index is 10.7. The van der Waals surface area contributed by atoms with Crippen molar-refractivity contribution in [2.75, 3.05) is 7.11 Å². The second-order valence-electron chi connectivity index (χ2n) is 5.87. The number of H-pyrrole nitrogens is 1. The van der Waals surface area contributed by atoms with Crippen LogP contribution < -0.4 is 4.74 Å². The number of para-hydroxylation sites is 3. The van der Waals surface area contributed by atoms with E-state index in [-0.39, 0.29) is 0 Å². The number of aromatic amines is 1. The van der Waals surface area contributed by atoms with Crippen LogP contribution in [-0.2, 0) is 0 Å². The van der Waals surface area contributed by atoms with Crippen LogP contribution in [0.25, 0.3) is 22.4 Å². The van der Waals surface area contributed by atoms with Gasteiger partial charge in [0, 0.05) is 11.1 Å². The zero-order chi connectivity index (χ0) is 17.2. The molecule has 1 aromatic heterocycles. The van der Waals surface area contributed by atoms with Crippen LogP contribution in [0.4, 0.5) is 0 Å². The Morgan fingerprint density at radius 1 is 0.920 bits per heavy atom. The smallest absolute Gasteiger partial charge is 0.138 e. The van der Waals surface area contributed by atoms with Crippen molar-refractivity contribution in [1.82, 2.24) is 9.97 Å². The predicted molar refractivity (Wildman–Crippen MR) is 98.6 cm³/mol. The van der Waals surface area contributed by atoms with Crippen molar-refractivity contribution < 1.29 is 9.84 Å². The first-order valence-corrected chi connectivity index (χ1v) is 8.12. The Morgan fingerprint density at radius 2 is 1.64 bits per heavy atom. The van der Waals surface area contributed by atoms with Gasteiger partial charge in [0.1, 0.15) is 17.7 Å². The summed E-state index contributed by atoms with van der Waals surface area (Å²) >= 11 is 0. The average molecular weight is 330 g/mol. The van der Waals surface area contributed by atoms with Gasteiger partial charge in [-0.3, -0.25) is 0 Å². The van der Waals surface area contributed by atoms with Crippen LogP contribution in [0, 0.1) is 0 Å². The van der Waals surface area contributed by atoms with Gasteiger partial charge in [0.15, 0.2) is 0 Å². The van der Waals surface area contributed by atoms with Gasteiger partial charge in [-0.05, 0) is 23.8 Å². The van der Waals surface area contributed by atoms with Gasteiger partial charge in [0.25, 0.3) is 0 Å². The molecule has 1 atom stereocenters. The number of hydrogen-bond acceptors (Lipinski definition) is 3. The molecule has 25 heavy (non-hydrogen) atoms. The summed E-state index contributed by atoms with van der Waals surface area (Å²) in [4.78, 5) is 7.92. The third kappa shape index (κ3) is 2.88. The molecule has 0 fully saturated rings. The van der Waals surface area contributed by atoms with Gasteiger partial charge in [-0.1, -0.05) is 54.6 Å². The molecule has 0 amide bonds.